The third-order valence-corrected chi connectivity index (χ3v) is 4.76. The number of rotatable bonds is 4. The number of para-hydroxylation sites is 1. The fraction of sp³-hybridized carbons (Fsp3) is 0.333. The van der Waals surface area contributed by atoms with Gasteiger partial charge in [-0.25, -0.2) is 0 Å². The van der Waals surface area contributed by atoms with E-state index in [1.807, 2.05) is 37.3 Å². The van der Waals surface area contributed by atoms with Crippen LogP contribution in [0.15, 0.2) is 54.6 Å². The van der Waals surface area contributed by atoms with Crippen molar-refractivity contribution in [2.24, 2.45) is 5.92 Å². The van der Waals surface area contributed by atoms with Gasteiger partial charge in [0.2, 0.25) is 0 Å². The summed E-state index contributed by atoms with van der Waals surface area (Å²) >= 11 is 0. The molecular formula is C21H24F3NSi. The van der Waals surface area contributed by atoms with Gasteiger partial charge in [0.1, 0.15) is 8.07 Å². The molecule has 0 spiro atoms. The van der Waals surface area contributed by atoms with Crippen LogP contribution in [-0.4, -0.2) is 8.07 Å². The van der Waals surface area contributed by atoms with Crippen molar-refractivity contribution in [3.8, 4) is 11.5 Å². The highest BCUT2D eigenvalue weighted by Crippen LogP contribution is 2.32. The molecule has 2 aromatic rings. The molecular weight excluding hydrogens is 351 g/mol. The molecule has 0 aromatic heterocycles. The monoisotopic (exact) mass is 375 g/mol. The molecule has 0 saturated heterocycles. The van der Waals surface area contributed by atoms with Crippen LogP contribution in [0.1, 0.15) is 24.1 Å². The van der Waals surface area contributed by atoms with Crippen LogP contribution in [0.5, 0.6) is 0 Å². The van der Waals surface area contributed by atoms with Crippen LogP contribution >= 0.6 is 0 Å². The molecule has 0 amide bonds. The summed E-state index contributed by atoms with van der Waals surface area (Å²) in [6, 6.07) is 14.8. The molecule has 138 valence electrons. The lowest BCUT2D eigenvalue weighted by Gasteiger charge is -2.24. The number of hydrogen-bond acceptors (Lipinski definition) is 1. The zero-order chi connectivity index (χ0) is 19.4. The Kier molecular flexibility index (Phi) is 6.20. The van der Waals surface area contributed by atoms with Crippen molar-refractivity contribution in [3.05, 3.63) is 65.7 Å². The minimum absolute atomic E-state index is 0.0429. The van der Waals surface area contributed by atoms with E-state index < -0.39 is 19.8 Å². The molecule has 26 heavy (non-hydrogen) atoms. The highest BCUT2D eigenvalue weighted by Gasteiger charge is 2.30. The van der Waals surface area contributed by atoms with E-state index in [1.165, 1.54) is 12.1 Å². The van der Waals surface area contributed by atoms with Gasteiger partial charge in [0.05, 0.1) is 11.6 Å². The number of halogens is 3. The minimum Gasteiger partial charge on any atom is -0.377 e. The Bertz CT molecular complexity index is 765. The Morgan fingerprint density at radius 2 is 1.50 bits per heavy atom. The number of alkyl halides is 3. The van der Waals surface area contributed by atoms with E-state index in [2.05, 4.69) is 36.4 Å². The predicted octanol–water partition coefficient (Wildman–Crippen LogP) is 6.38. The Morgan fingerprint density at radius 1 is 0.923 bits per heavy atom. The second kappa shape index (κ2) is 8.01. The first-order valence-electron chi connectivity index (χ1n) is 8.58. The summed E-state index contributed by atoms with van der Waals surface area (Å²) in [5, 5.41) is 3.42. The molecule has 1 N–H and O–H groups in total. The third kappa shape index (κ3) is 5.96. The zero-order valence-electron chi connectivity index (χ0n) is 15.5. The van der Waals surface area contributed by atoms with Crippen LogP contribution in [0.2, 0.25) is 19.6 Å². The summed E-state index contributed by atoms with van der Waals surface area (Å²) in [4.78, 5) is 0. The van der Waals surface area contributed by atoms with Crippen molar-refractivity contribution in [1.82, 2.24) is 0 Å². The van der Waals surface area contributed by atoms with E-state index in [0.717, 1.165) is 23.4 Å². The van der Waals surface area contributed by atoms with Gasteiger partial charge in [-0.2, -0.15) is 13.2 Å². The van der Waals surface area contributed by atoms with Crippen LogP contribution in [0, 0.1) is 17.4 Å². The van der Waals surface area contributed by atoms with Crippen molar-refractivity contribution in [3.63, 3.8) is 0 Å². The van der Waals surface area contributed by atoms with Crippen molar-refractivity contribution in [2.45, 2.75) is 38.8 Å². The first-order chi connectivity index (χ1) is 12.1. The molecule has 0 heterocycles. The lowest BCUT2D eigenvalue weighted by molar-refractivity contribution is -0.137. The second-order valence-corrected chi connectivity index (χ2v) is 12.2. The van der Waals surface area contributed by atoms with E-state index in [0.29, 0.717) is 0 Å². The van der Waals surface area contributed by atoms with Crippen LogP contribution in [0.3, 0.4) is 0 Å². The molecule has 5 heteroatoms. The van der Waals surface area contributed by atoms with Gasteiger partial charge in [-0.15, -0.1) is 11.5 Å². The smallest absolute Gasteiger partial charge is 0.377 e. The van der Waals surface area contributed by atoms with E-state index in [-0.39, 0.29) is 12.0 Å². The fourth-order valence-corrected chi connectivity index (χ4v) is 3.16. The molecule has 0 fully saturated rings. The lowest BCUT2D eigenvalue weighted by Crippen LogP contribution is -2.21. The van der Waals surface area contributed by atoms with Crippen molar-refractivity contribution in [1.29, 1.82) is 0 Å². The average molecular weight is 376 g/mol. The molecule has 0 aliphatic rings. The van der Waals surface area contributed by atoms with Crippen molar-refractivity contribution < 1.29 is 13.2 Å². The summed E-state index contributed by atoms with van der Waals surface area (Å²) < 4.78 is 38.5. The normalized spacial score (nSPS) is 14.1. The van der Waals surface area contributed by atoms with Gasteiger partial charge in [-0.05, 0) is 36.8 Å². The van der Waals surface area contributed by atoms with Crippen LogP contribution < -0.4 is 5.32 Å². The highest BCUT2D eigenvalue weighted by atomic mass is 28.3. The molecule has 0 aliphatic heterocycles. The van der Waals surface area contributed by atoms with E-state index in [9.17, 15) is 13.2 Å². The maximum Gasteiger partial charge on any atom is 0.416 e. The molecule has 2 unspecified atom stereocenters. The Morgan fingerprint density at radius 3 is 2.00 bits per heavy atom. The Hall–Kier alpha value is -2.19. The summed E-state index contributed by atoms with van der Waals surface area (Å²) in [6.07, 6.45) is -4.33. The minimum atomic E-state index is -4.33. The third-order valence-electron chi connectivity index (χ3n) is 3.87. The first-order valence-corrected chi connectivity index (χ1v) is 12.1. The number of benzene rings is 2. The Labute approximate surface area is 154 Å². The molecule has 2 aromatic carbocycles. The average Bonchev–Trinajstić information content (AvgIpc) is 2.57. The summed E-state index contributed by atoms with van der Waals surface area (Å²) in [5.74, 6) is 3.27. The highest BCUT2D eigenvalue weighted by molar-refractivity contribution is 6.83. The molecule has 0 saturated carbocycles. The summed E-state index contributed by atoms with van der Waals surface area (Å²) in [6.45, 7) is 8.52. The summed E-state index contributed by atoms with van der Waals surface area (Å²) in [7, 11) is -1.53. The van der Waals surface area contributed by atoms with Crippen molar-refractivity contribution >= 4 is 13.8 Å². The summed E-state index contributed by atoms with van der Waals surface area (Å²) in [5.41, 5.74) is 4.43. The molecule has 0 aliphatic carbocycles. The fourth-order valence-electron chi connectivity index (χ4n) is 2.50. The van der Waals surface area contributed by atoms with Gasteiger partial charge < -0.3 is 5.32 Å². The molecule has 0 bridgehead atoms. The van der Waals surface area contributed by atoms with E-state index in [4.69, 9.17) is 0 Å². The van der Waals surface area contributed by atoms with Crippen LogP contribution in [0.4, 0.5) is 18.9 Å². The molecule has 2 rings (SSSR count). The Balaban J connectivity index is 2.34. The predicted molar refractivity (Wildman–Crippen MR) is 105 cm³/mol. The SMILES string of the molecule is CC(C#C[Si](C)(C)C)C(Nc1ccccc1)c1ccc(C(F)(F)F)cc1. The lowest BCUT2D eigenvalue weighted by atomic mass is 9.94. The van der Waals surface area contributed by atoms with Crippen LogP contribution in [0.25, 0.3) is 0 Å². The zero-order valence-corrected chi connectivity index (χ0v) is 16.5. The number of anilines is 1. The van der Waals surface area contributed by atoms with Gasteiger partial charge in [0.15, 0.2) is 0 Å². The standard InChI is InChI=1S/C21H24F3NSi/c1-16(14-15-26(2,3)4)20(25-19-8-6-5-7-9-19)17-10-12-18(13-11-17)21(22,23)24/h5-13,16,20,25H,1-4H3. The first kappa shape index (κ1) is 20.1. The molecule has 1 nitrogen and oxygen atoms in total. The van der Waals surface area contributed by atoms with Gasteiger partial charge >= 0.3 is 6.18 Å². The molecule has 0 radical (unpaired) electrons. The largest absolute Gasteiger partial charge is 0.416 e. The van der Waals surface area contributed by atoms with Gasteiger partial charge in [-0.1, -0.05) is 50.0 Å². The maximum atomic E-state index is 12.8. The number of hydrogen-bond donors (Lipinski definition) is 1. The van der Waals surface area contributed by atoms with Gasteiger partial charge in [-0.3, -0.25) is 0 Å². The second-order valence-electron chi connectivity index (χ2n) is 7.42. The van der Waals surface area contributed by atoms with Gasteiger partial charge in [0, 0.05) is 11.6 Å². The topological polar surface area (TPSA) is 12.0 Å². The quantitative estimate of drug-likeness (QED) is 0.483. The number of nitrogens with one attached hydrogen (secondary N) is 1. The van der Waals surface area contributed by atoms with Crippen molar-refractivity contribution in [2.75, 3.05) is 5.32 Å². The molecule has 2 atom stereocenters. The van der Waals surface area contributed by atoms with E-state index in [1.54, 1.807) is 0 Å². The van der Waals surface area contributed by atoms with Crippen LogP contribution in [-0.2, 0) is 6.18 Å². The maximum absolute atomic E-state index is 12.8. The van der Waals surface area contributed by atoms with E-state index >= 15 is 0 Å². The van der Waals surface area contributed by atoms with Gasteiger partial charge in [0.25, 0.3) is 0 Å².